The Hall–Kier alpha value is -1.95. The van der Waals surface area contributed by atoms with Gasteiger partial charge in [0.1, 0.15) is 6.61 Å². The molecule has 3 atom stereocenters. The molecular weight excluding hydrogens is 298 g/mol. The van der Waals surface area contributed by atoms with Crippen LogP contribution in [0.4, 0.5) is 0 Å². The third-order valence-electron chi connectivity index (χ3n) is 4.82. The van der Waals surface area contributed by atoms with Crippen molar-refractivity contribution in [1.29, 1.82) is 0 Å². The standard InChI is InChI=1S/C17H23NO5/c1-4-17(10-23-16(22)11(2)3)7-6-12-13(17)15(21)18(14(12)20)8-5-9-19/h4,12-13,19H,1-2,5-10H2,3H3. The molecule has 2 rings (SSSR count). The number of rotatable bonds is 7. The zero-order chi connectivity index (χ0) is 17.2. The van der Waals surface area contributed by atoms with Gasteiger partial charge in [0.15, 0.2) is 0 Å². The summed E-state index contributed by atoms with van der Waals surface area (Å²) >= 11 is 0. The molecule has 3 unspecified atom stereocenters. The van der Waals surface area contributed by atoms with Crippen LogP contribution in [-0.4, -0.2) is 47.5 Å². The zero-order valence-corrected chi connectivity index (χ0v) is 13.4. The van der Waals surface area contributed by atoms with Crippen molar-refractivity contribution in [3.63, 3.8) is 0 Å². The zero-order valence-electron chi connectivity index (χ0n) is 13.4. The lowest BCUT2D eigenvalue weighted by molar-refractivity contribution is -0.146. The van der Waals surface area contributed by atoms with Crippen LogP contribution >= 0.6 is 0 Å². The van der Waals surface area contributed by atoms with E-state index in [1.54, 1.807) is 13.0 Å². The highest BCUT2D eigenvalue weighted by Crippen LogP contribution is 2.52. The number of imide groups is 1. The summed E-state index contributed by atoms with van der Waals surface area (Å²) in [6, 6.07) is 0. The third kappa shape index (κ3) is 2.95. The monoisotopic (exact) mass is 321 g/mol. The maximum atomic E-state index is 12.7. The van der Waals surface area contributed by atoms with E-state index in [4.69, 9.17) is 9.84 Å². The van der Waals surface area contributed by atoms with E-state index in [1.807, 2.05) is 0 Å². The number of esters is 1. The molecule has 6 nitrogen and oxygen atoms in total. The largest absolute Gasteiger partial charge is 0.461 e. The SMILES string of the molecule is C=CC1(COC(=O)C(=C)C)CCC2C(=O)N(CCCO)C(=O)C21. The van der Waals surface area contributed by atoms with Gasteiger partial charge in [0.05, 0.1) is 11.8 Å². The fourth-order valence-electron chi connectivity index (χ4n) is 3.53. The van der Waals surface area contributed by atoms with Gasteiger partial charge in [0, 0.05) is 24.1 Å². The van der Waals surface area contributed by atoms with E-state index in [1.165, 1.54) is 4.90 Å². The summed E-state index contributed by atoms with van der Waals surface area (Å²) in [5.74, 6) is -1.88. The van der Waals surface area contributed by atoms with E-state index in [0.29, 0.717) is 19.3 Å². The van der Waals surface area contributed by atoms with Crippen LogP contribution in [0.3, 0.4) is 0 Å². The van der Waals surface area contributed by atoms with E-state index in [9.17, 15) is 14.4 Å². The first-order valence-electron chi connectivity index (χ1n) is 7.80. The Bertz CT molecular complexity index is 555. The number of likely N-dealkylation sites (tertiary alicyclic amines) is 1. The molecule has 1 saturated carbocycles. The minimum Gasteiger partial charge on any atom is -0.461 e. The molecule has 0 radical (unpaired) electrons. The first-order chi connectivity index (χ1) is 10.9. The average molecular weight is 321 g/mol. The number of aliphatic hydroxyl groups is 1. The minimum atomic E-state index is -0.712. The second-order valence-corrected chi connectivity index (χ2v) is 6.32. The summed E-state index contributed by atoms with van der Waals surface area (Å²) in [5, 5.41) is 8.92. The highest BCUT2D eigenvalue weighted by molar-refractivity contribution is 6.06. The summed E-state index contributed by atoms with van der Waals surface area (Å²) in [6.45, 7) is 9.07. The van der Waals surface area contributed by atoms with Crippen molar-refractivity contribution in [2.45, 2.75) is 26.2 Å². The highest BCUT2D eigenvalue weighted by atomic mass is 16.5. The molecular formula is C17H23NO5. The molecule has 0 bridgehead atoms. The van der Waals surface area contributed by atoms with E-state index < -0.39 is 17.3 Å². The van der Waals surface area contributed by atoms with E-state index in [2.05, 4.69) is 13.2 Å². The predicted octanol–water partition coefficient (Wildman–Crippen LogP) is 1.06. The van der Waals surface area contributed by atoms with Crippen LogP contribution in [0, 0.1) is 17.3 Å². The van der Waals surface area contributed by atoms with Crippen LogP contribution < -0.4 is 0 Å². The third-order valence-corrected chi connectivity index (χ3v) is 4.82. The maximum Gasteiger partial charge on any atom is 0.333 e. The number of amides is 2. The van der Waals surface area contributed by atoms with E-state index >= 15 is 0 Å². The molecule has 2 amide bonds. The molecule has 6 heteroatoms. The lowest BCUT2D eigenvalue weighted by Crippen LogP contribution is -2.39. The predicted molar refractivity (Wildman–Crippen MR) is 83.0 cm³/mol. The Morgan fingerprint density at radius 1 is 1.48 bits per heavy atom. The fraction of sp³-hybridized carbons (Fsp3) is 0.588. The number of hydrogen-bond donors (Lipinski definition) is 1. The normalized spacial score (nSPS) is 29.6. The van der Waals surface area contributed by atoms with Crippen molar-refractivity contribution >= 4 is 17.8 Å². The lowest BCUT2D eigenvalue weighted by Gasteiger charge is -2.30. The van der Waals surface area contributed by atoms with Crippen LogP contribution in [0.25, 0.3) is 0 Å². The van der Waals surface area contributed by atoms with Crippen molar-refractivity contribution in [2.75, 3.05) is 19.8 Å². The second kappa shape index (κ2) is 6.66. The Labute approximate surface area is 135 Å². The molecule has 1 aliphatic heterocycles. The van der Waals surface area contributed by atoms with Gasteiger partial charge in [-0.1, -0.05) is 12.7 Å². The molecule has 0 aromatic heterocycles. The van der Waals surface area contributed by atoms with Gasteiger partial charge in [-0.2, -0.15) is 0 Å². The van der Waals surface area contributed by atoms with Gasteiger partial charge in [0.25, 0.3) is 0 Å². The van der Waals surface area contributed by atoms with Crippen LogP contribution in [0.2, 0.25) is 0 Å². The summed E-state index contributed by atoms with van der Waals surface area (Å²) in [7, 11) is 0. The Morgan fingerprint density at radius 3 is 2.74 bits per heavy atom. The van der Waals surface area contributed by atoms with Gasteiger partial charge in [0.2, 0.25) is 11.8 Å². The molecule has 23 heavy (non-hydrogen) atoms. The molecule has 126 valence electrons. The number of carbonyl (C=O) groups is 3. The van der Waals surface area contributed by atoms with Gasteiger partial charge in [-0.05, 0) is 26.2 Å². The number of fused-ring (bicyclic) bond motifs is 1. The van der Waals surface area contributed by atoms with Crippen molar-refractivity contribution in [1.82, 2.24) is 4.90 Å². The summed E-state index contributed by atoms with van der Waals surface area (Å²) < 4.78 is 5.26. The molecule has 1 aliphatic carbocycles. The molecule has 0 aromatic carbocycles. The minimum absolute atomic E-state index is 0.0240. The average Bonchev–Trinajstić information content (AvgIpc) is 3.02. The van der Waals surface area contributed by atoms with Gasteiger partial charge >= 0.3 is 5.97 Å². The van der Waals surface area contributed by atoms with Gasteiger partial charge in [-0.15, -0.1) is 6.58 Å². The van der Waals surface area contributed by atoms with Crippen LogP contribution in [-0.2, 0) is 19.1 Å². The van der Waals surface area contributed by atoms with Crippen LogP contribution in [0.15, 0.2) is 24.8 Å². The van der Waals surface area contributed by atoms with Gasteiger partial charge < -0.3 is 9.84 Å². The first-order valence-corrected chi connectivity index (χ1v) is 7.80. The molecule has 0 aromatic rings. The molecule has 1 N–H and O–H groups in total. The number of nitrogens with zero attached hydrogens (tertiary/aromatic N) is 1. The second-order valence-electron chi connectivity index (χ2n) is 6.32. The van der Waals surface area contributed by atoms with E-state index in [0.717, 1.165) is 0 Å². The Kier molecular flexibility index (Phi) is 5.04. The first kappa shape index (κ1) is 17.4. The van der Waals surface area contributed by atoms with Crippen LogP contribution in [0.5, 0.6) is 0 Å². The smallest absolute Gasteiger partial charge is 0.333 e. The molecule has 2 fully saturated rings. The summed E-state index contributed by atoms with van der Waals surface area (Å²) in [4.78, 5) is 38.0. The van der Waals surface area contributed by atoms with E-state index in [-0.39, 0.29) is 43.1 Å². The molecule has 1 saturated heterocycles. The molecule has 1 heterocycles. The van der Waals surface area contributed by atoms with Crippen molar-refractivity contribution in [2.24, 2.45) is 17.3 Å². The quantitative estimate of drug-likeness (QED) is 0.328. The number of ether oxygens (including phenoxy) is 1. The van der Waals surface area contributed by atoms with Crippen molar-refractivity contribution < 1.29 is 24.2 Å². The van der Waals surface area contributed by atoms with Crippen molar-refractivity contribution in [3.8, 4) is 0 Å². The van der Waals surface area contributed by atoms with Gasteiger partial charge in [-0.3, -0.25) is 14.5 Å². The summed E-state index contributed by atoms with van der Waals surface area (Å²) in [6.07, 6.45) is 3.16. The molecule has 2 aliphatic rings. The Morgan fingerprint density at radius 2 is 2.17 bits per heavy atom. The molecule has 0 spiro atoms. The Balaban J connectivity index is 2.19. The summed E-state index contributed by atoms with van der Waals surface area (Å²) in [5.41, 5.74) is -0.423. The fourth-order valence-corrected chi connectivity index (χ4v) is 3.53. The van der Waals surface area contributed by atoms with Gasteiger partial charge in [-0.25, -0.2) is 4.79 Å². The highest BCUT2D eigenvalue weighted by Gasteiger charge is 2.60. The van der Waals surface area contributed by atoms with Crippen LogP contribution in [0.1, 0.15) is 26.2 Å². The lowest BCUT2D eigenvalue weighted by atomic mass is 9.76. The number of carbonyl (C=O) groups excluding carboxylic acids is 3. The maximum absolute atomic E-state index is 12.7. The number of hydrogen-bond acceptors (Lipinski definition) is 5. The topological polar surface area (TPSA) is 83.9 Å². The van der Waals surface area contributed by atoms with Crippen molar-refractivity contribution in [3.05, 3.63) is 24.8 Å². The number of aliphatic hydroxyl groups excluding tert-OH is 1.